The summed E-state index contributed by atoms with van der Waals surface area (Å²) >= 11 is 1.71. The molecule has 0 unspecified atom stereocenters. The first kappa shape index (κ1) is 11.7. The maximum Gasteiger partial charge on any atom is 0.233 e. The minimum absolute atomic E-state index is 0.0569. The van der Waals surface area contributed by atoms with E-state index in [1.807, 2.05) is 0 Å². The van der Waals surface area contributed by atoms with E-state index < -0.39 is 0 Å². The Morgan fingerprint density at radius 2 is 2.25 bits per heavy atom. The minimum Gasteiger partial charge on any atom is -0.396 e. The van der Waals surface area contributed by atoms with E-state index in [0.717, 1.165) is 17.9 Å². The van der Waals surface area contributed by atoms with E-state index in [2.05, 4.69) is 5.32 Å². The molecule has 72 valence electrons. The van der Waals surface area contributed by atoms with E-state index in [1.165, 1.54) is 0 Å². The van der Waals surface area contributed by atoms with Gasteiger partial charge in [0.15, 0.2) is 0 Å². The summed E-state index contributed by atoms with van der Waals surface area (Å²) < 4.78 is 0. The third kappa shape index (κ3) is 7.84. The topological polar surface area (TPSA) is 75.4 Å². The number of aliphatic hydroxyl groups excluding tert-OH is 1. The minimum atomic E-state index is -0.113. The molecule has 0 rings (SSSR count). The Balaban J connectivity index is 2.95. The largest absolute Gasteiger partial charge is 0.396 e. The van der Waals surface area contributed by atoms with Gasteiger partial charge in [0.25, 0.3) is 0 Å². The Morgan fingerprint density at radius 3 is 2.83 bits per heavy atom. The average molecular weight is 192 g/mol. The molecule has 0 saturated carbocycles. The normalized spacial score (nSPS) is 9.83. The first-order valence-corrected chi connectivity index (χ1v) is 5.12. The Labute approximate surface area is 76.9 Å². The summed E-state index contributed by atoms with van der Waals surface area (Å²) in [6, 6.07) is 0. The highest BCUT2D eigenvalue weighted by molar-refractivity contribution is 7.99. The molecule has 0 atom stereocenters. The van der Waals surface area contributed by atoms with Crippen LogP contribution in [0.15, 0.2) is 0 Å². The van der Waals surface area contributed by atoms with Crippen molar-refractivity contribution < 1.29 is 9.90 Å². The van der Waals surface area contributed by atoms with Gasteiger partial charge in [-0.2, -0.15) is 11.8 Å². The number of thioether (sulfide) groups is 1. The number of amides is 1. The van der Waals surface area contributed by atoms with Crippen LogP contribution >= 0.6 is 11.8 Å². The smallest absolute Gasteiger partial charge is 0.233 e. The lowest BCUT2D eigenvalue weighted by atomic mass is 10.5. The molecule has 12 heavy (non-hydrogen) atoms. The second-order valence-electron chi connectivity index (χ2n) is 2.24. The predicted molar refractivity (Wildman–Crippen MR) is 51.1 cm³/mol. The van der Waals surface area contributed by atoms with Gasteiger partial charge in [-0.3, -0.25) is 4.79 Å². The molecule has 0 bridgehead atoms. The van der Waals surface area contributed by atoms with Gasteiger partial charge in [0, 0.05) is 18.9 Å². The molecule has 0 saturated heterocycles. The van der Waals surface area contributed by atoms with Crippen LogP contribution in [0.25, 0.3) is 0 Å². The van der Waals surface area contributed by atoms with Crippen molar-refractivity contribution in [1.29, 1.82) is 0 Å². The van der Waals surface area contributed by atoms with Gasteiger partial charge in [-0.05, 0) is 12.2 Å². The summed E-state index contributed by atoms with van der Waals surface area (Å²) in [6.45, 7) is 0.954. The van der Waals surface area contributed by atoms with Crippen LogP contribution in [0.3, 0.4) is 0 Å². The molecule has 0 fully saturated rings. The highest BCUT2D eigenvalue weighted by Gasteiger charge is 1.94. The maximum atomic E-state index is 10.6. The quantitative estimate of drug-likeness (QED) is 0.461. The number of rotatable bonds is 7. The third-order valence-electron chi connectivity index (χ3n) is 1.20. The van der Waals surface area contributed by atoms with Crippen LogP contribution in [0.2, 0.25) is 0 Å². The molecular formula is C7H16N2O2S. The SMILES string of the molecule is NCC(=O)NCCSCCCO. The standard InChI is InChI=1S/C7H16N2O2S/c8-6-7(11)9-2-5-12-4-1-3-10/h10H,1-6,8H2,(H,9,11). The molecule has 0 aliphatic heterocycles. The summed E-state index contributed by atoms with van der Waals surface area (Å²) in [5.41, 5.74) is 5.08. The summed E-state index contributed by atoms with van der Waals surface area (Å²) in [7, 11) is 0. The van der Waals surface area contributed by atoms with Crippen molar-refractivity contribution in [2.75, 3.05) is 31.2 Å². The fourth-order valence-corrected chi connectivity index (χ4v) is 1.39. The molecule has 4 N–H and O–H groups in total. The number of nitrogens with one attached hydrogen (secondary N) is 1. The van der Waals surface area contributed by atoms with Crippen LogP contribution in [0.1, 0.15) is 6.42 Å². The van der Waals surface area contributed by atoms with Crippen molar-refractivity contribution in [3.05, 3.63) is 0 Å². The van der Waals surface area contributed by atoms with Crippen LogP contribution in [0.4, 0.5) is 0 Å². The molecule has 0 aliphatic carbocycles. The molecular weight excluding hydrogens is 176 g/mol. The van der Waals surface area contributed by atoms with Gasteiger partial charge in [-0.15, -0.1) is 0 Å². The Morgan fingerprint density at radius 1 is 1.50 bits per heavy atom. The van der Waals surface area contributed by atoms with Crippen LogP contribution in [-0.2, 0) is 4.79 Å². The lowest BCUT2D eigenvalue weighted by Gasteiger charge is -2.02. The van der Waals surface area contributed by atoms with Crippen LogP contribution in [0, 0.1) is 0 Å². The molecule has 0 aromatic rings. The molecule has 5 heteroatoms. The monoisotopic (exact) mass is 192 g/mol. The van der Waals surface area contributed by atoms with E-state index in [4.69, 9.17) is 10.8 Å². The first-order chi connectivity index (χ1) is 5.81. The highest BCUT2D eigenvalue weighted by Crippen LogP contribution is 1.99. The number of hydrogen-bond donors (Lipinski definition) is 3. The van der Waals surface area contributed by atoms with Gasteiger partial charge in [0.2, 0.25) is 5.91 Å². The fraction of sp³-hybridized carbons (Fsp3) is 0.857. The highest BCUT2D eigenvalue weighted by atomic mass is 32.2. The fourth-order valence-electron chi connectivity index (χ4n) is 0.603. The van der Waals surface area contributed by atoms with Gasteiger partial charge < -0.3 is 16.2 Å². The summed E-state index contributed by atoms with van der Waals surface area (Å²) in [6.07, 6.45) is 0.815. The van der Waals surface area contributed by atoms with Crippen molar-refractivity contribution in [2.24, 2.45) is 5.73 Å². The zero-order chi connectivity index (χ0) is 9.23. The van der Waals surface area contributed by atoms with Crippen molar-refractivity contribution in [3.8, 4) is 0 Å². The van der Waals surface area contributed by atoms with E-state index in [0.29, 0.717) is 6.54 Å². The van der Waals surface area contributed by atoms with Crippen molar-refractivity contribution in [1.82, 2.24) is 5.32 Å². The van der Waals surface area contributed by atoms with Crippen molar-refractivity contribution in [3.63, 3.8) is 0 Å². The van der Waals surface area contributed by atoms with Gasteiger partial charge in [-0.1, -0.05) is 0 Å². The van der Waals surface area contributed by atoms with E-state index in [9.17, 15) is 4.79 Å². The number of carbonyl (C=O) groups is 1. The number of aliphatic hydroxyl groups is 1. The zero-order valence-corrected chi connectivity index (χ0v) is 7.90. The van der Waals surface area contributed by atoms with E-state index >= 15 is 0 Å². The van der Waals surface area contributed by atoms with Crippen LogP contribution in [-0.4, -0.2) is 42.2 Å². The van der Waals surface area contributed by atoms with Crippen LogP contribution in [0.5, 0.6) is 0 Å². The lowest BCUT2D eigenvalue weighted by molar-refractivity contribution is -0.119. The molecule has 4 nitrogen and oxygen atoms in total. The number of hydrogen-bond acceptors (Lipinski definition) is 4. The molecule has 0 aromatic heterocycles. The maximum absolute atomic E-state index is 10.6. The summed E-state index contributed by atoms with van der Waals surface area (Å²) in [5.74, 6) is 1.71. The van der Waals surface area contributed by atoms with Gasteiger partial charge >= 0.3 is 0 Å². The predicted octanol–water partition coefficient (Wildman–Crippen LogP) is -0.823. The van der Waals surface area contributed by atoms with Gasteiger partial charge in [0.1, 0.15) is 0 Å². The van der Waals surface area contributed by atoms with Crippen molar-refractivity contribution in [2.45, 2.75) is 6.42 Å². The first-order valence-electron chi connectivity index (χ1n) is 3.96. The molecule has 0 aromatic carbocycles. The lowest BCUT2D eigenvalue weighted by Crippen LogP contribution is -2.31. The zero-order valence-electron chi connectivity index (χ0n) is 7.08. The summed E-state index contributed by atoms with van der Waals surface area (Å²) in [4.78, 5) is 10.6. The number of nitrogens with two attached hydrogens (primary N) is 1. The Bertz CT molecular complexity index is 122. The van der Waals surface area contributed by atoms with E-state index in [1.54, 1.807) is 11.8 Å². The third-order valence-corrected chi connectivity index (χ3v) is 2.27. The number of carbonyl (C=O) groups excluding carboxylic acids is 1. The molecule has 1 amide bonds. The second kappa shape index (κ2) is 8.83. The Kier molecular flexibility index (Phi) is 8.64. The van der Waals surface area contributed by atoms with Gasteiger partial charge in [0.05, 0.1) is 6.54 Å². The average Bonchev–Trinajstić information content (AvgIpc) is 2.10. The molecule has 0 spiro atoms. The molecule has 0 aliphatic rings. The Hall–Kier alpha value is -0.260. The molecule has 0 heterocycles. The van der Waals surface area contributed by atoms with E-state index in [-0.39, 0.29) is 19.1 Å². The van der Waals surface area contributed by atoms with Crippen LogP contribution < -0.4 is 11.1 Å². The molecule has 0 radical (unpaired) electrons. The summed E-state index contributed by atoms with van der Waals surface area (Å²) in [5, 5.41) is 11.1. The van der Waals surface area contributed by atoms with Gasteiger partial charge in [-0.25, -0.2) is 0 Å². The second-order valence-corrected chi connectivity index (χ2v) is 3.47. The van der Waals surface area contributed by atoms with Crippen molar-refractivity contribution >= 4 is 17.7 Å².